The van der Waals surface area contributed by atoms with Crippen LogP contribution in [0.4, 0.5) is 0 Å². The topological polar surface area (TPSA) is 12.0 Å². The molecule has 1 aromatic rings. The van der Waals surface area contributed by atoms with Crippen LogP contribution in [0.1, 0.15) is 31.9 Å². The molecule has 0 bridgehead atoms. The maximum Gasteiger partial charge on any atom is -0.000837 e. The molecule has 0 atom stereocenters. The number of hydrogen-bond donors (Lipinski definition) is 1. The lowest BCUT2D eigenvalue weighted by Gasteiger charge is -2.04. The fraction of sp³-hybridized carbons (Fsp3) is 0.538. The van der Waals surface area contributed by atoms with E-state index in [1.54, 1.807) is 0 Å². The Morgan fingerprint density at radius 1 is 1.14 bits per heavy atom. The molecule has 80 valence electrons. The first-order valence-corrected chi connectivity index (χ1v) is 5.60. The third-order valence-electron chi connectivity index (χ3n) is 2.08. The molecule has 0 aliphatic carbocycles. The summed E-state index contributed by atoms with van der Waals surface area (Å²) in [6.07, 6.45) is 1.14. The summed E-state index contributed by atoms with van der Waals surface area (Å²) in [5.41, 5.74) is 2.86. The van der Waals surface area contributed by atoms with Gasteiger partial charge < -0.3 is 5.32 Å². The highest BCUT2D eigenvalue weighted by molar-refractivity contribution is 5.25. The maximum absolute atomic E-state index is 3.32. The SMILES string of the molecule is CC.CCNCCc1ccccc1C. The van der Waals surface area contributed by atoms with Crippen molar-refractivity contribution >= 4 is 0 Å². The van der Waals surface area contributed by atoms with Crippen LogP contribution in [0.25, 0.3) is 0 Å². The summed E-state index contributed by atoms with van der Waals surface area (Å²) < 4.78 is 0. The maximum atomic E-state index is 3.32. The highest BCUT2D eigenvalue weighted by Crippen LogP contribution is 2.06. The van der Waals surface area contributed by atoms with Crippen molar-refractivity contribution in [3.63, 3.8) is 0 Å². The molecule has 0 heterocycles. The summed E-state index contributed by atoms with van der Waals surface area (Å²) in [6.45, 7) is 10.5. The number of aryl methyl sites for hydroxylation is 1. The van der Waals surface area contributed by atoms with Gasteiger partial charge in [-0.1, -0.05) is 45.0 Å². The number of rotatable bonds is 4. The van der Waals surface area contributed by atoms with E-state index in [0.29, 0.717) is 0 Å². The van der Waals surface area contributed by atoms with Crippen molar-refractivity contribution in [3.8, 4) is 0 Å². The van der Waals surface area contributed by atoms with Crippen molar-refractivity contribution in [2.24, 2.45) is 0 Å². The Bertz CT molecular complexity index is 230. The van der Waals surface area contributed by atoms with E-state index in [-0.39, 0.29) is 0 Å². The van der Waals surface area contributed by atoms with Gasteiger partial charge in [-0.25, -0.2) is 0 Å². The van der Waals surface area contributed by atoms with Gasteiger partial charge in [0.2, 0.25) is 0 Å². The molecule has 1 N–H and O–H groups in total. The smallest absolute Gasteiger partial charge is 0.000837 e. The van der Waals surface area contributed by atoms with Crippen LogP contribution in [0.15, 0.2) is 24.3 Å². The molecule has 0 amide bonds. The largest absolute Gasteiger partial charge is 0.317 e. The molecule has 0 saturated heterocycles. The molecule has 0 unspecified atom stereocenters. The lowest BCUT2D eigenvalue weighted by Crippen LogP contribution is -2.16. The fourth-order valence-electron chi connectivity index (χ4n) is 1.29. The van der Waals surface area contributed by atoms with Crippen molar-refractivity contribution in [2.45, 2.75) is 34.1 Å². The van der Waals surface area contributed by atoms with Crippen molar-refractivity contribution in [1.29, 1.82) is 0 Å². The second kappa shape index (κ2) is 8.76. The average molecular weight is 193 g/mol. The Morgan fingerprint density at radius 2 is 1.79 bits per heavy atom. The van der Waals surface area contributed by atoms with E-state index in [4.69, 9.17) is 0 Å². The van der Waals surface area contributed by atoms with Gasteiger partial charge in [0.05, 0.1) is 0 Å². The Balaban J connectivity index is 0.000000791. The quantitative estimate of drug-likeness (QED) is 0.724. The molecule has 1 rings (SSSR count). The van der Waals surface area contributed by atoms with Gasteiger partial charge in [0.1, 0.15) is 0 Å². The molecule has 0 aliphatic rings. The predicted molar refractivity (Wildman–Crippen MR) is 64.8 cm³/mol. The monoisotopic (exact) mass is 193 g/mol. The summed E-state index contributed by atoms with van der Waals surface area (Å²) >= 11 is 0. The van der Waals surface area contributed by atoms with E-state index in [2.05, 4.69) is 43.4 Å². The van der Waals surface area contributed by atoms with E-state index in [9.17, 15) is 0 Å². The van der Waals surface area contributed by atoms with Gasteiger partial charge in [0, 0.05) is 0 Å². The first-order chi connectivity index (χ1) is 6.84. The van der Waals surface area contributed by atoms with E-state index in [1.165, 1.54) is 11.1 Å². The van der Waals surface area contributed by atoms with Gasteiger partial charge >= 0.3 is 0 Å². The molecule has 0 fully saturated rings. The zero-order chi connectivity index (χ0) is 10.8. The molecule has 0 spiro atoms. The molecule has 1 aromatic carbocycles. The van der Waals surface area contributed by atoms with Crippen LogP contribution in [0.3, 0.4) is 0 Å². The van der Waals surface area contributed by atoms with Crippen molar-refractivity contribution in [1.82, 2.24) is 5.32 Å². The van der Waals surface area contributed by atoms with E-state index in [0.717, 1.165) is 19.5 Å². The summed E-state index contributed by atoms with van der Waals surface area (Å²) in [5.74, 6) is 0. The van der Waals surface area contributed by atoms with Crippen LogP contribution in [-0.2, 0) is 6.42 Å². The molecule has 0 aromatic heterocycles. The zero-order valence-corrected chi connectivity index (χ0v) is 9.93. The van der Waals surface area contributed by atoms with Crippen molar-refractivity contribution in [2.75, 3.05) is 13.1 Å². The summed E-state index contributed by atoms with van der Waals surface area (Å²) in [4.78, 5) is 0. The number of benzene rings is 1. The average Bonchev–Trinajstić information content (AvgIpc) is 2.24. The number of hydrogen-bond acceptors (Lipinski definition) is 1. The first kappa shape index (κ1) is 13.2. The van der Waals surface area contributed by atoms with Gasteiger partial charge in [0.25, 0.3) is 0 Å². The molecule has 0 saturated carbocycles. The van der Waals surface area contributed by atoms with Crippen LogP contribution in [0.5, 0.6) is 0 Å². The molecule has 0 aliphatic heterocycles. The zero-order valence-electron chi connectivity index (χ0n) is 9.93. The minimum atomic E-state index is 1.06. The van der Waals surface area contributed by atoms with E-state index >= 15 is 0 Å². The minimum Gasteiger partial charge on any atom is -0.317 e. The standard InChI is InChI=1S/C11H17N.C2H6/c1-3-12-9-8-11-7-5-4-6-10(11)2;1-2/h4-7,12H,3,8-9H2,1-2H3;1-2H3. The Kier molecular flexibility index (Phi) is 8.25. The fourth-order valence-corrected chi connectivity index (χ4v) is 1.29. The molecule has 1 heteroatoms. The second-order valence-electron chi connectivity index (χ2n) is 3.03. The third-order valence-corrected chi connectivity index (χ3v) is 2.08. The van der Waals surface area contributed by atoms with Crippen LogP contribution in [-0.4, -0.2) is 13.1 Å². The van der Waals surface area contributed by atoms with Gasteiger partial charge in [-0.15, -0.1) is 0 Å². The Labute approximate surface area is 88.5 Å². The highest BCUT2D eigenvalue weighted by Gasteiger charge is 1.94. The lowest BCUT2D eigenvalue weighted by atomic mass is 10.1. The van der Waals surface area contributed by atoms with Crippen LogP contribution in [0, 0.1) is 6.92 Å². The summed E-state index contributed by atoms with van der Waals surface area (Å²) in [5, 5.41) is 3.32. The molecule has 14 heavy (non-hydrogen) atoms. The van der Waals surface area contributed by atoms with Crippen LogP contribution < -0.4 is 5.32 Å². The Hall–Kier alpha value is -0.820. The van der Waals surface area contributed by atoms with Gasteiger partial charge in [-0.05, 0) is 37.6 Å². The Morgan fingerprint density at radius 3 is 2.36 bits per heavy atom. The minimum absolute atomic E-state index is 1.06. The van der Waals surface area contributed by atoms with Crippen molar-refractivity contribution < 1.29 is 0 Å². The normalized spacial score (nSPS) is 9.14. The van der Waals surface area contributed by atoms with E-state index < -0.39 is 0 Å². The first-order valence-electron chi connectivity index (χ1n) is 5.60. The van der Waals surface area contributed by atoms with Gasteiger partial charge in [-0.2, -0.15) is 0 Å². The van der Waals surface area contributed by atoms with E-state index in [1.807, 2.05) is 13.8 Å². The van der Waals surface area contributed by atoms with Crippen molar-refractivity contribution in [3.05, 3.63) is 35.4 Å². The number of likely N-dealkylation sites (N-methyl/N-ethyl adjacent to an activating group) is 1. The summed E-state index contributed by atoms with van der Waals surface area (Å²) in [6, 6.07) is 8.56. The lowest BCUT2D eigenvalue weighted by molar-refractivity contribution is 0.715. The van der Waals surface area contributed by atoms with Gasteiger partial charge in [0.15, 0.2) is 0 Å². The molecular formula is C13H23N. The highest BCUT2D eigenvalue weighted by atomic mass is 14.8. The number of nitrogens with one attached hydrogen (secondary N) is 1. The molecule has 0 radical (unpaired) electrons. The second-order valence-corrected chi connectivity index (χ2v) is 3.03. The van der Waals surface area contributed by atoms with Gasteiger partial charge in [-0.3, -0.25) is 0 Å². The van der Waals surface area contributed by atoms with Crippen LogP contribution >= 0.6 is 0 Å². The molecular weight excluding hydrogens is 170 g/mol. The summed E-state index contributed by atoms with van der Waals surface area (Å²) in [7, 11) is 0. The predicted octanol–water partition coefficient (Wildman–Crippen LogP) is 3.17. The molecule has 1 nitrogen and oxygen atoms in total. The van der Waals surface area contributed by atoms with Crippen LogP contribution in [0.2, 0.25) is 0 Å². The third kappa shape index (κ3) is 5.03.